The van der Waals surface area contributed by atoms with Gasteiger partial charge in [0, 0.05) is 6.61 Å². The molecule has 3 nitrogen and oxygen atoms in total. The van der Waals surface area contributed by atoms with E-state index in [-0.39, 0.29) is 11.9 Å². The number of hydrogen-bond donors (Lipinski definition) is 0. The van der Waals surface area contributed by atoms with Crippen LogP contribution in [-0.2, 0) is 14.3 Å². The Hall–Kier alpha value is -0.570. The molecule has 96 valence electrons. The van der Waals surface area contributed by atoms with Gasteiger partial charge in [-0.2, -0.15) is 0 Å². The Morgan fingerprint density at radius 2 is 1.94 bits per heavy atom. The Morgan fingerprint density at radius 1 is 1.25 bits per heavy atom. The fourth-order valence-electron chi connectivity index (χ4n) is 1.42. The summed E-state index contributed by atoms with van der Waals surface area (Å²) in [6, 6.07) is 0. The molecular weight excluding hydrogens is 204 g/mol. The Labute approximate surface area is 99.5 Å². The third-order valence-electron chi connectivity index (χ3n) is 2.88. The lowest BCUT2D eigenvalue weighted by Crippen LogP contribution is -2.28. The molecule has 0 N–H and O–H groups in total. The standard InChI is InChI=1S/C13H26O3/c1-5-8-9-16-13(14)12(10-15-7-3)11(4)6-2/h11-12H,5-10H2,1-4H3. The maximum Gasteiger partial charge on any atom is 0.311 e. The Morgan fingerprint density at radius 3 is 2.44 bits per heavy atom. The Bertz CT molecular complexity index is 180. The van der Waals surface area contributed by atoms with Gasteiger partial charge >= 0.3 is 5.97 Å². The van der Waals surface area contributed by atoms with Crippen molar-refractivity contribution in [1.29, 1.82) is 0 Å². The van der Waals surface area contributed by atoms with Gasteiger partial charge in [-0.1, -0.05) is 33.6 Å². The third-order valence-corrected chi connectivity index (χ3v) is 2.88. The maximum atomic E-state index is 11.8. The van der Waals surface area contributed by atoms with Crippen LogP contribution in [0.2, 0.25) is 0 Å². The fraction of sp³-hybridized carbons (Fsp3) is 0.923. The van der Waals surface area contributed by atoms with Gasteiger partial charge in [-0.3, -0.25) is 4.79 Å². The molecule has 0 amide bonds. The highest BCUT2D eigenvalue weighted by atomic mass is 16.5. The minimum atomic E-state index is -0.109. The number of carbonyl (C=O) groups excluding carboxylic acids is 1. The average molecular weight is 230 g/mol. The van der Waals surface area contributed by atoms with E-state index in [9.17, 15) is 4.79 Å². The highest BCUT2D eigenvalue weighted by molar-refractivity contribution is 5.72. The van der Waals surface area contributed by atoms with Crippen LogP contribution in [-0.4, -0.2) is 25.8 Å². The molecule has 0 aromatic rings. The summed E-state index contributed by atoms with van der Waals surface area (Å²) in [5.41, 5.74) is 0. The van der Waals surface area contributed by atoms with E-state index in [1.807, 2.05) is 6.92 Å². The monoisotopic (exact) mass is 230 g/mol. The zero-order valence-electron chi connectivity index (χ0n) is 11.1. The summed E-state index contributed by atoms with van der Waals surface area (Å²) in [4.78, 5) is 11.8. The van der Waals surface area contributed by atoms with Gasteiger partial charge in [0.25, 0.3) is 0 Å². The van der Waals surface area contributed by atoms with E-state index in [0.29, 0.717) is 25.7 Å². The van der Waals surface area contributed by atoms with Crippen molar-refractivity contribution in [2.24, 2.45) is 11.8 Å². The lowest BCUT2D eigenvalue weighted by atomic mass is 9.92. The predicted molar refractivity (Wildman–Crippen MR) is 65.3 cm³/mol. The first-order chi connectivity index (χ1) is 7.67. The summed E-state index contributed by atoms with van der Waals surface area (Å²) >= 11 is 0. The summed E-state index contributed by atoms with van der Waals surface area (Å²) in [7, 11) is 0. The van der Waals surface area contributed by atoms with E-state index in [1.165, 1.54) is 0 Å². The lowest BCUT2D eigenvalue weighted by Gasteiger charge is -2.21. The minimum Gasteiger partial charge on any atom is -0.465 e. The summed E-state index contributed by atoms with van der Waals surface area (Å²) < 4.78 is 10.6. The molecule has 16 heavy (non-hydrogen) atoms. The van der Waals surface area contributed by atoms with Crippen molar-refractivity contribution >= 4 is 5.97 Å². The van der Waals surface area contributed by atoms with E-state index in [4.69, 9.17) is 9.47 Å². The average Bonchev–Trinajstić information content (AvgIpc) is 2.29. The number of esters is 1. The van der Waals surface area contributed by atoms with E-state index < -0.39 is 0 Å². The van der Waals surface area contributed by atoms with Crippen LogP contribution in [0.15, 0.2) is 0 Å². The lowest BCUT2D eigenvalue weighted by molar-refractivity contribution is -0.153. The zero-order chi connectivity index (χ0) is 12.4. The molecule has 0 saturated heterocycles. The van der Waals surface area contributed by atoms with Crippen molar-refractivity contribution in [2.45, 2.75) is 47.0 Å². The van der Waals surface area contributed by atoms with Crippen molar-refractivity contribution in [1.82, 2.24) is 0 Å². The summed E-state index contributed by atoms with van der Waals surface area (Å²) in [6.07, 6.45) is 2.96. The number of carbonyl (C=O) groups is 1. The molecule has 0 aromatic carbocycles. The van der Waals surface area contributed by atoms with Crippen LogP contribution in [0.25, 0.3) is 0 Å². The van der Waals surface area contributed by atoms with Crippen LogP contribution in [0.3, 0.4) is 0 Å². The normalized spacial score (nSPS) is 14.5. The van der Waals surface area contributed by atoms with Crippen molar-refractivity contribution in [3.05, 3.63) is 0 Å². The van der Waals surface area contributed by atoms with Gasteiger partial charge in [0.15, 0.2) is 0 Å². The summed E-state index contributed by atoms with van der Waals surface area (Å²) in [5.74, 6) is 0.110. The number of ether oxygens (including phenoxy) is 2. The van der Waals surface area contributed by atoms with Crippen molar-refractivity contribution in [3.63, 3.8) is 0 Å². The molecule has 0 bridgehead atoms. The molecule has 0 saturated carbocycles. The molecule has 0 aliphatic carbocycles. The quantitative estimate of drug-likeness (QED) is 0.451. The second-order valence-corrected chi connectivity index (χ2v) is 4.17. The molecule has 0 heterocycles. The topological polar surface area (TPSA) is 35.5 Å². The molecule has 0 aliphatic rings. The molecule has 0 fully saturated rings. The molecule has 2 atom stereocenters. The molecule has 0 aliphatic heterocycles. The number of rotatable bonds is 9. The van der Waals surface area contributed by atoms with Crippen LogP contribution in [0.4, 0.5) is 0 Å². The first kappa shape index (κ1) is 15.4. The van der Waals surface area contributed by atoms with Crippen molar-refractivity contribution < 1.29 is 14.3 Å². The minimum absolute atomic E-state index is 0.101. The highest BCUT2D eigenvalue weighted by Gasteiger charge is 2.25. The number of unbranched alkanes of at least 4 members (excludes halogenated alkanes) is 1. The largest absolute Gasteiger partial charge is 0.465 e. The van der Waals surface area contributed by atoms with Gasteiger partial charge in [-0.15, -0.1) is 0 Å². The second kappa shape index (κ2) is 9.64. The molecule has 2 unspecified atom stereocenters. The number of hydrogen-bond acceptors (Lipinski definition) is 3. The van der Waals surface area contributed by atoms with Crippen molar-refractivity contribution in [3.8, 4) is 0 Å². The molecule has 0 aromatic heterocycles. The fourth-order valence-corrected chi connectivity index (χ4v) is 1.42. The van der Waals surface area contributed by atoms with Crippen LogP contribution in [0.1, 0.15) is 47.0 Å². The van der Waals surface area contributed by atoms with Crippen molar-refractivity contribution in [2.75, 3.05) is 19.8 Å². The SMILES string of the molecule is CCCCOC(=O)C(COCC)C(C)CC. The van der Waals surface area contributed by atoms with Gasteiger partial charge in [0.05, 0.1) is 19.1 Å². The first-order valence-corrected chi connectivity index (χ1v) is 6.41. The summed E-state index contributed by atoms with van der Waals surface area (Å²) in [5, 5.41) is 0. The smallest absolute Gasteiger partial charge is 0.311 e. The molecule has 3 heteroatoms. The highest BCUT2D eigenvalue weighted by Crippen LogP contribution is 2.17. The molecular formula is C13H26O3. The first-order valence-electron chi connectivity index (χ1n) is 6.41. The van der Waals surface area contributed by atoms with Gasteiger partial charge in [-0.25, -0.2) is 0 Å². The van der Waals surface area contributed by atoms with Gasteiger partial charge in [-0.05, 0) is 19.3 Å². The Balaban J connectivity index is 4.09. The zero-order valence-corrected chi connectivity index (χ0v) is 11.1. The van der Waals surface area contributed by atoms with Crippen LogP contribution >= 0.6 is 0 Å². The molecule has 0 radical (unpaired) electrons. The van der Waals surface area contributed by atoms with E-state index >= 15 is 0 Å². The van der Waals surface area contributed by atoms with E-state index in [0.717, 1.165) is 19.3 Å². The summed E-state index contributed by atoms with van der Waals surface area (Å²) in [6.45, 7) is 9.85. The maximum absolute atomic E-state index is 11.8. The second-order valence-electron chi connectivity index (χ2n) is 4.17. The predicted octanol–water partition coefficient (Wildman–Crippen LogP) is 3.03. The van der Waals surface area contributed by atoms with Crippen LogP contribution < -0.4 is 0 Å². The van der Waals surface area contributed by atoms with Gasteiger partial charge < -0.3 is 9.47 Å². The van der Waals surface area contributed by atoms with E-state index in [2.05, 4.69) is 20.8 Å². The van der Waals surface area contributed by atoms with Crippen LogP contribution in [0, 0.1) is 11.8 Å². The van der Waals surface area contributed by atoms with Crippen LogP contribution in [0.5, 0.6) is 0 Å². The molecule has 0 spiro atoms. The van der Waals surface area contributed by atoms with Gasteiger partial charge in [0.2, 0.25) is 0 Å². The Kier molecular flexibility index (Phi) is 9.30. The molecule has 0 rings (SSSR count). The van der Waals surface area contributed by atoms with Gasteiger partial charge in [0.1, 0.15) is 0 Å². The van der Waals surface area contributed by atoms with E-state index in [1.54, 1.807) is 0 Å². The third kappa shape index (κ3) is 6.11.